The molecular formula is C86H114N2O11. The van der Waals surface area contributed by atoms with Crippen molar-refractivity contribution in [2.75, 3.05) is 26.9 Å². The first-order valence-corrected chi connectivity index (χ1v) is 37.2. The minimum absolute atomic E-state index is 0.0820. The van der Waals surface area contributed by atoms with Crippen molar-refractivity contribution in [1.82, 2.24) is 10.6 Å². The SMILES string of the molecule is CCCCCCCCCCCCCC[C@@H](OCc1ccccc1)[C@@H](OCc1ccccc1)[C@H](CO[C@H]1O[C@H](COCc2ccccc2)[C@H](OCc2ccccc2)[C@H](OCc2ccccc2)[C@H]1OCc1ccccc1)NC(CCCCCCCCCC=O)CNC(=O)c1cccc(OC)c1. The van der Waals surface area contributed by atoms with Crippen molar-refractivity contribution in [3.05, 3.63) is 245 Å². The number of benzene rings is 7. The van der Waals surface area contributed by atoms with Crippen LogP contribution in [-0.4, -0.2) is 94.1 Å². The third kappa shape index (κ3) is 30.1. The molecule has 1 fully saturated rings. The summed E-state index contributed by atoms with van der Waals surface area (Å²) in [5.74, 6) is 0.411. The monoisotopic (exact) mass is 1350 g/mol. The van der Waals surface area contributed by atoms with E-state index >= 15 is 0 Å². The molecule has 1 unspecified atom stereocenters. The molecule has 9 atom stereocenters. The Balaban J connectivity index is 1.18. The van der Waals surface area contributed by atoms with Gasteiger partial charge >= 0.3 is 0 Å². The number of nitrogens with one attached hydrogen (secondary N) is 2. The highest BCUT2D eigenvalue weighted by Crippen LogP contribution is 2.33. The summed E-state index contributed by atoms with van der Waals surface area (Å²) >= 11 is 0. The number of carbonyl (C=O) groups excluding carboxylic acids is 2. The van der Waals surface area contributed by atoms with E-state index < -0.39 is 49.0 Å². The summed E-state index contributed by atoms with van der Waals surface area (Å²) in [6.07, 6.45) is 20.2. The number of methoxy groups -OCH3 is 1. The summed E-state index contributed by atoms with van der Waals surface area (Å²) in [6, 6.07) is 68.0. The van der Waals surface area contributed by atoms with Crippen LogP contribution in [0.25, 0.3) is 0 Å². The first-order chi connectivity index (χ1) is 49.0. The van der Waals surface area contributed by atoms with Crippen LogP contribution in [0.15, 0.2) is 206 Å². The molecule has 2 N–H and O–H groups in total. The van der Waals surface area contributed by atoms with Gasteiger partial charge in [-0.25, -0.2) is 0 Å². The third-order valence-electron chi connectivity index (χ3n) is 18.6. The van der Waals surface area contributed by atoms with Crippen molar-refractivity contribution < 1.29 is 52.2 Å². The Bertz CT molecular complexity index is 3150. The molecule has 1 heterocycles. The fourth-order valence-corrected chi connectivity index (χ4v) is 13.0. The van der Waals surface area contributed by atoms with E-state index in [9.17, 15) is 9.59 Å². The van der Waals surface area contributed by atoms with E-state index in [2.05, 4.69) is 115 Å². The lowest BCUT2D eigenvalue weighted by Gasteiger charge is -2.46. The van der Waals surface area contributed by atoms with Gasteiger partial charge in [-0.2, -0.15) is 0 Å². The zero-order valence-electron chi connectivity index (χ0n) is 59.3. The summed E-state index contributed by atoms with van der Waals surface area (Å²) in [7, 11) is 1.61. The maximum absolute atomic E-state index is 14.3. The van der Waals surface area contributed by atoms with Crippen molar-refractivity contribution in [2.24, 2.45) is 0 Å². The van der Waals surface area contributed by atoms with E-state index in [4.69, 9.17) is 42.6 Å². The predicted molar refractivity (Wildman–Crippen MR) is 395 cm³/mol. The quantitative estimate of drug-likeness (QED) is 0.0277. The Morgan fingerprint density at radius 2 is 0.909 bits per heavy atom. The first-order valence-electron chi connectivity index (χ1n) is 37.2. The van der Waals surface area contributed by atoms with Gasteiger partial charge in [0.15, 0.2) is 6.29 Å². The number of amides is 1. The van der Waals surface area contributed by atoms with Crippen molar-refractivity contribution in [1.29, 1.82) is 0 Å². The Hall–Kier alpha value is -6.88. The molecule has 13 nitrogen and oxygen atoms in total. The largest absolute Gasteiger partial charge is 0.497 e. The molecule has 0 aromatic heterocycles. The Kier molecular flexibility index (Phi) is 37.8. The minimum atomic E-state index is -1.02. The van der Waals surface area contributed by atoms with Crippen LogP contribution in [0.1, 0.15) is 192 Å². The highest BCUT2D eigenvalue weighted by Gasteiger charge is 2.50. The van der Waals surface area contributed by atoms with Gasteiger partial charge in [-0.3, -0.25) is 4.79 Å². The minimum Gasteiger partial charge on any atom is -0.497 e. The maximum Gasteiger partial charge on any atom is 0.251 e. The van der Waals surface area contributed by atoms with Gasteiger partial charge in [0, 0.05) is 24.6 Å². The number of aldehydes is 1. The number of rotatable bonds is 53. The third-order valence-corrected chi connectivity index (χ3v) is 18.6. The van der Waals surface area contributed by atoms with Crippen LogP contribution in [-0.2, 0) is 82.3 Å². The lowest BCUT2D eigenvalue weighted by Crippen LogP contribution is -2.63. The predicted octanol–water partition coefficient (Wildman–Crippen LogP) is 18.4. The van der Waals surface area contributed by atoms with Crippen LogP contribution in [0.2, 0.25) is 0 Å². The maximum atomic E-state index is 14.3. The average molecular weight is 1350 g/mol. The van der Waals surface area contributed by atoms with Crippen LogP contribution in [0.4, 0.5) is 0 Å². The summed E-state index contributed by atoms with van der Waals surface area (Å²) in [5.41, 5.74) is 6.64. The zero-order valence-corrected chi connectivity index (χ0v) is 59.3. The summed E-state index contributed by atoms with van der Waals surface area (Å²) in [6.45, 7) is 4.70. The second-order valence-corrected chi connectivity index (χ2v) is 26.6. The molecule has 8 rings (SSSR count). The van der Waals surface area contributed by atoms with Gasteiger partial charge < -0.3 is 58.1 Å². The lowest BCUT2D eigenvalue weighted by molar-refractivity contribution is -0.330. The fraction of sp³-hybridized carbons (Fsp3) is 0.488. The van der Waals surface area contributed by atoms with Crippen LogP contribution in [0, 0.1) is 0 Å². The smallest absolute Gasteiger partial charge is 0.251 e. The van der Waals surface area contributed by atoms with Crippen LogP contribution >= 0.6 is 0 Å². The van der Waals surface area contributed by atoms with Crippen LogP contribution < -0.4 is 15.4 Å². The second-order valence-electron chi connectivity index (χ2n) is 26.6. The number of hydrogen-bond acceptors (Lipinski definition) is 12. The zero-order chi connectivity index (χ0) is 68.8. The average Bonchev–Trinajstić information content (AvgIpc) is 0.798. The molecule has 534 valence electrons. The van der Waals surface area contributed by atoms with Gasteiger partial charge in [-0.15, -0.1) is 0 Å². The van der Waals surface area contributed by atoms with Crippen molar-refractivity contribution in [3.63, 3.8) is 0 Å². The fourth-order valence-electron chi connectivity index (χ4n) is 13.0. The standard InChI is InChI=1S/C86H114N2O11/c1-3-4-5-6-7-8-9-10-11-15-18-39-57-79(93-62-70-44-28-21-29-45-70)81(94-63-71-46-30-22-31-47-71)78(88-76(55-38-17-14-12-13-16-19-40-58-89)60-87-85(90)75-54-41-56-77(59-75)91-2)67-98-86-84(97-66-74-52-36-25-37-53-74)83(96-65-73-50-34-24-35-51-73)82(95-64-72-48-32-23-33-49-72)80(99-86)68-92-61-69-42-26-20-27-43-69/h20-37,41-54,56,58-59,76,78-84,86,88H,3-19,38-40,55,57,60-68H2,1-2H3,(H,87,90)/t76?,78-,79+,80+,81-,82-,83-,84+,86-/m0/s1. The molecule has 0 saturated carbocycles. The van der Waals surface area contributed by atoms with E-state index in [0.29, 0.717) is 50.7 Å². The highest BCUT2D eigenvalue weighted by molar-refractivity contribution is 5.94. The Labute approximate surface area is 592 Å². The van der Waals surface area contributed by atoms with Gasteiger partial charge in [0.1, 0.15) is 42.6 Å². The van der Waals surface area contributed by atoms with Gasteiger partial charge in [0.2, 0.25) is 0 Å². The van der Waals surface area contributed by atoms with E-state index in [0.717, 1.165) is 117 Å². The van der Waals surface area contributed by atoms with E-state index in [1.165, 1.54) is 57.8 Å². The highest BCUT2D eigenvalue weighted by atomic mass is 16.7. The summed E-state index contributed by atoms with van der Waals surface area (Å²) in [5, 5.41) is 7.51. The first kappa shape index (κ1) is 77.9. The molecule has 1 aliphatic rings. The number of ether oxygens (including phenoxy) is 9. The van der Waals surface area contributed by atoms with Crippen molar-refractivity contribution in [3.8, 4) is 5.75 Å². The Morgan fingerprint density at radius 3 is 1.41 bits per heavy atom. The molecule has 7 aromatic carbocycles. The Morgan fingerprint density at radius 1 is 0.465 bits per heavy atom. The molecule has 7 aromatic rings. The number of hydrogen-bond donors (Lipinski definition) is 2. The van der Waals surface area contributed by atoms with Gasteiger partial charge in [-0.05, 0) is 70.8 Å². The second kappa shape index (κ2) is 48.0. The number of unbranched alkanes of at least 4 members (excludes halogenated alkanes) is 18. The van der Waals surface area contributed by atoms with E-state index in [-0.39, 0.29) is 38.4 Å². The molecule has 1 saturated heterocycles. The normalized spacial score (nSPS) is 17.3. The molecule has 13 heteroatoms. The van der Waals surface area contributed by atoms with Crippen LogP contribution in [0.5, 0.6) is 5.75 Å². The molecule has 0 aliphatic carbocycles. The topological polar surface area (TPSA) is 141 Å². The van der Waals surface area contributed by atoms with Crippen LogP contribution in [0.3, 0.4) is 0 Å². The molecule has 1 aliphatic heterocycles. The molecule has 0 spiro atoms. The molecule has 0 bridgehead atoms. The molecular weight excluding hydrogens is 1240 g/mol. The number of carbonyl (C=O) groups is 2. The van der Waals surface area contributed by atoms with Crippen molar-refractivity contribution in [2.45, 2.75) is 243 Å². The molecule has 99 heavy (non-hydrogen) atoms. The lowest BCUT2D eigenvalue weighted by atomic mass is 9.96. The van der Waals surface area contributed by atoms with Gasteiger partial charge in [0.05, 0.1) is 72.1 Å². The van der Waals surface area contributed by atoms with E-state index in [1.54, 1.807) is 13.2 Å². The summed E-state index contributed by atoms with van der Waals surface area (Å²) in [4.78, 5) is 25.4. The summed E-state index contributed by atoms with van der Waals surface area (Å²) < 4.78 is 63.6. The van der Waals surface area contributed by atoms with E-state index in [1.807, 2.05) is 103 Å². The van der Waals surface area contributed by atoms with Gasteiger partial charge in [-0.1, -0.05) is 311 Å². The molecule has 0 radical (unpaired) electrons. The van der Waals surface area contributed by atoms with Gasteiger partial charge in [0.25, 0.3) is 5.91 Å². The van der Waals surface area contributed by atoms with Crippen molar-refractivity contribution >= 4 is 12.2 Å². The molecule has 1 amide bonds.